The first kappa shape index (κ1) is 13.8. The zero-order valence-electron chi connectivity index (χ0n) is 12.2. The predicted molar refractivity (Wildman–Crippen MR) is 85.9 cm³/mol. The summed E-state index contributed by atoms with van der Waals surface area (Å²) in [6.07, 6.45) is 0. The van der Waals surface area contributed by atoms with E-state index in [4.69, 9.17) is 5.73 Å². The van der Waals surface area contributed by atoms with Gasteiger partial charge in [-0.3, -0.25) is 0 Å². The molecule has 1 atom stereocenters. The normalized spacial score (nSPS) is 12.6. The molecule has 0 aromatic heterocycles. The van der Waals surface area contributed by atoms with Crippen molar-refractivity contribution in [1.82, 2.24) is 0 Å². The van der Waals surface area contributed by atoms with Crippen molar-refractivity contribution in [2.24, 2.45) is 5.73 Å². The molecule has 0 amide bonds. The fourth-order valence-electron chi connectivity index (χ4n) is 2.75. The maximum atomic E-state index is 13.7. The highest BCUT2D eigenvalue weighted by Crippen LogP contribution is 2.26. The molecule has 106 valence electrons. The Morgan fingerprint density at radius 2 is 1.43 bits per heavy atom. The fraction of sp³-hybridized carbons (Fsp3) is 0.158. The van der Waals surface area contributed by atoms with Crippen LogP contribution in [0.25, 0.3) is 10.8 Å². The van der Waals surface area contributed by atoms with Gasteiger partial charge in [-0.1, -0.05) is 48.5 Å². The largest absolute Gasteiger partial charge is 0.320 e. The van der Waals surface area contributed by atoms with Crippen LogP contribution in [0.4, 0.5) is 4.39 Å². The first-order chi connectivity index (χ1) is 10.1. The minimum atomic E-state index is -0.243. The number of rotatable bonds is 2. The number of benzene rings is 3. The van der Waals surface area contributed by atoms with Crippen LogP contribution in [0.3, 0.4) is 0 Å². The van der Waals surface area contributed by atoms with Crippen molar-refractivity contribution in [3.05, 3.63) is 82.7 Å². The van der Waals surface area contributed by atoms with Crippen LogP contribution in [-0.4, -0.2) is 0 Å². The summed E-state index contributed by atoms with van der Waals surface area (Å²) >= 11 is 0. The number of nitrogens with two attached hydrogens (primary N) is 1. The summed E-state index contributed by atoms with van der Waals surface area (Å²) in [4.78, 5) is 0. The van der Waals surface area contributed by atoms with E-state index in [1.807, 2.05) is 30.3 Å². The highest BCUT2D eigenvalue weighted by molar-refractivity contribution is 5.83. The summed E-state index contributed by atoms with van der Waals surface area (Å²) < 4.78 is 13.7. The monoisotopic (exact) mass is 279 g/mol. The van der Waals surface area contributed by atoms with Gasteiger partial charge >= 0.3 is 0 Å². The summed E-state index contributed by atoms with van der Waals surface area (Å²) in [6.45, 7) is 3.55. The van der Waals surface area contributed by atoms with E-state index in [-0.39, 0.29) is 11.9 Å². The average molecular weight is 279 g/mol. The third kappa shape index (κ3) is 2.55. The Morgan fingerprint density at radius 3 is 2.10 bits per heavy atom. The van der Waals surface area contributed by atoms with Crippen LogP contribution in [0.5, 0.6) is 0 Å². The molecule has 3 aromatic carbocycles. The first-order valence-electron chi connectivity index (χ1n) is 7.07. The highest BCUT2D eigenvalue weighted by atomic mass is 19.1. The van der Waals surface area contributed by atoms with Crippen molar-refractivity contribution in [2.75, 3.05) is 0 Å². The number of halogens is 1. The van der Waals surface area contributed by atoms with Crippen molar-refractivity contribution >= 4 is 10.8 Å². The molecular formula is C19H18FN. The molecule has 2 N–H and O–H groups in total. The highest BCUT2D eigenvalue weighted by Gasteiger charge is 2.13. The summed E-state index contributed by atoms with van der Waals surface area (Å²) in [6, 6.07) is 17.8. The van der Waals surface area contributed by atoms with Gasteiger partial charge in [-0.25, -0.2) is 4.39 Å². The lowest BCUT2D eigenvalue weighted by Crippen LogP contribution is -2.12. The van der Waals surface area contributed by atoms with Crippen LogP contribution in [0.2, 0.25) is 0 Å². The summed E-state index contributed by atoms with van der Waals surface area (Å²) in [5.41, 5.74) is 9.64. The van der Waals surface area contributed by atoms with Gasteiger partial charge in [-0.15, -0.1) is 0 Å². The van der Waals surface area contributed by atoms with E-state index in [0.717, 1.165) is 11.1 Å². The maximum Gasteiger partial charge on any atom is 0.129 e. The van der Waals surface area contributed by atoms with Gasteiger partial charge in [0, 0.05) is 0 Å². The van der Waals surface area contributed by atoms with E-state index in [0.29, 0.717) is 11.1 Å². The van der Waals surface area contributed by atoms with Gasteiger partial charge in [-0.2, -0.15) is 0 Å². The van der Waals surface area contributed by atoms with E-state index < -0.39 is 0 Å². The van der Waals surface area contributed by atoms with Crippen LogP contribution in [0.15, 0.2) is 54.6 Å². The van der Waals surface area contributed by atoms with Gasteiger partial charge in [-0.05, 0) is 52.9 Å². The minimum Gasteiger partial charge on any atom is -0.320 e. The first-order valence-corrected chi connectivity index (χ1v) is 7.07. The molecule has 0 fully saturated rings. The molecule has 2 heteroatoms. The summed E-state index contributed by atoms with van der Waals surface area (Å²) in [5.74, 6) is -0.149. The van der Waals surface area contributed by atoms with E-state index in [1.54, 1.807) is 13.8 Å². The third-order valence-electron chi connectivity index (χ3n) is 3.95. The fourth-order valence-corrected chi connectivity index (χ4v) is 2.75. The lowest BCUT2D eigenvalue weighted by Gasteiger charge is -2.15. The molecule has 0 radical (unpaired) electrons. The molecule has 0 aliphatic carbocycles. The van der Waals surface area contributed by atoms with Gasteiger partial charge in [0.1, 0.15) is 5.82 Å². The second-order valence-corrected chi connectivity index (χ2v) is 5.55. The van der Waals surface area contributed by atoms with Gasteiger partial charge in [0.15, 0.2) is 0 Å². The van der Waals surface area contributed by atoms with Crippen LogP contribution in [0.1, 0.15) is 28.3 Å². The zero-order valence-corrected chi connectivity index (χ0v) is 12.2. The predicted octanol–water partition coefficient (Wildman–Crippen LogP) is 4.64. The van der Waals surface area contributed by atoms with Crippen molar-refractivity contribution in [3.63, 3.8) is 0 Å². The molecule has 3 aromatic rings. The molecule has 0 bridgehead atoms. The SMILES string of the molecule is Cc1cc(C(N)c2ccc3ccccc3c2)cc(C)c1F. The quantitative estimate of drug-likeness (QED) is 0.726. The van der Waals surface area contributed by atoms with Gasteiger partial charge in [0.05, 0.1) is 6.04 Å². The standard InChI is InChI=1S/C19H18FN/c1-12-9-17(10-13(2)18(12)20)19(21)16-8-7-14-5-3-4-6-15(14)11-16/h3-11,19H,21H2,1-2H3. The lowest BCUT2D eigenvalue weighted by atomic mass is 9.94. The Bertz CT molecular complexity index is 785. The van der Waals surface area contributed by atoms with Crippen molar-refractivity contribution in [1.29, 1.82) is 0 Å². The average Bonchev–Trinajstić information content (AvgIpc) is 2.51. The molecule has 0 spiro atoms. The van der Waals surface area contributed by atoms with Crippen LogP contribution in [0, 0.1) is 19.7 Å². The topological polar surface area (TPSA) is 26.0 Å². The Morgan fingerprint density at radius 1 is 0.810 bits per heavy atom. The van der Waals surface area contributed by atoms with Gasteiger partial charge in [0.25, 0.3) is 0 Å². The number of hydrogen-bond donors (Lipinski definition) is 1. The molecule has 3 rings (SSSR count). The maximum absolute atomic E-state index is 13.7. The van der Waals surface area contributed by atoms with Crippen LogP contribution in [-0.2, 0) is 0 Å². The molecule has 1 nitrogen and oxygen atoms in total. The second-order valence-electron chi connectivity index (χ2n) is 5.55. The number of fused-ring (bicyclic) bond motifs is 1. The van der Waals surface area contributed by atoms with E-state index in [9.17, 15) is 4.39 Å². The Kier molecular flexibility index (Phi) is 3.48. The van der Waals surface area contributed by atoms with E-state index >= 15 is 0 Å². The van der Waals surface area contributed by atoms with Gasteiger partial charge in [0.2, 0.25) is 0 Å². The van der Waals surface area contributed by atoms with Crippen molar-refractivity contribution in [2.45, 2.75) is 19.9 Å². The van der Waals surface area contributed by atoms with Crippen LogP contribution < -0.4 is 5.73 Å². The molecule has 0 saturated heterocycles. The molecular weight excluding hydrogens is 261 g/mol. The molecule has 0 aliphatic heterocycles. The van der Waals surface area contributed by atoms with Crippen LogP contribution >= 0.6 is 0 Å². The van der Waals surface area contributed by atoms with E-state index in [1.165, 1.54) is 10.8 Å². The van der Waals surface area contributed by atoms with Crippen molar-refractivity contribution in [3.8, 4) is 0 Å². The van der Waals surface area contributed by atoms with Crippen molar-refractivity contribution < 1.29 is 4.39 Å². The summed E-state index contributed by atoms with van der Waals surface area (Å²) in [7, 11) is 0. The smallest absolute Gasteiger partial charge is 0.129 e. The number of hydrogen-bond acceptors (Lipinski definition) is 1. The van der Waals surface area contributed by atoms with E-state index in [2.05, 4.69) is 24.3 Å². The number of aryl methyl sites for hydroxylation is 2. The summed E-state index contributed by atoms with van der Waals surface area (Å²) in [5, 5.41) is 2.36. The Hall–Kier alpha value is -2.19. The van der Waals surface area contributed by atoms with Gasteiger partial charge < -0.3 is 5.73 Å². The molecule has 0 heterocycles. The lowest BCUT2D eigenvalue weighted by molar-refractivity contribution is 0.607. The zero-order chi connectivity index (χ0) is 15.0. The third-order valence-corrected chi connectivity index (χ3v) is 3.95. The second kappa shape index (κ2) is 5.30. The molecule has 21 heavy (non-hydrogen) atoms. The molecule has 1 unspecified atom stereocenters. The minimum absolute atomic E-state index is 0.149. The molecule has 0 aliphatic rings. The Balaban J connectivity index is 2.05. The Labute approximate surface area is 124 Å². The molecule has 0 saturated carbocycles.